The van der Waals surface area contributed by atoms with Gasteiger partial charge in [0.15, 0.2) is 0 Å². The van der Waals surface area contributed by atoms with Crippen LogP contribution in [0.15, 0.2) is 48.5 Å². The number of benzene rings is 2. The lowest BCUT2D eigenvalue weighted by Gasteiger charge is -2.32. The molecule has 7 nitrogen and oxygen atoms in total. The van der Waals surface area contributed by atoms with Gasteiger partial charge in [0.1, 0.15) is 12.4 Å². The van der Waals surface area contributed by atoms with E-state index in [-0.39, 0.29) is 11.8 Å². The van der Waals surface area contributed by atoms with Crippen molar-refractivity contribution in [1.82, 2.24) is 9.80 Å². The number of carbonyl (C=O) groups excluding carboxylic acids is 2. The van der Waals surface area contributed by atoms with Crippen LogP contribution in [0.25, 0.3) is 0 Å². The van der Waals surface area contributed by atoms with E-state index in [0.717, 1.165) is 13.1 Å². The van der Waals surface area contributed by atoms with Gasteiger partial charge in [-0.05, 0) is 49.5 Å². The Kier molecular flexibility index (Phi) is 7.21. The maximum Gasteiger partial charge on any atom is 0.255 e. The molecule has 2 amide bonds. The lowest BCUT2D eigenvalue weighted by atomic mass is 10.1. The van der Waals surface area contributed by atoms with Crippen LogP contribution in [-0.2, 0) is 4.74 Å². The highest BCUT2D eigenvalue weighted by molar-refractivity contribution is 6.05. The minimum absolute atomic E-state index is 0.00763. The lowest BCUT2D eigenvalue weighted by molar-refractivity contribution is 0.0664. The van der Waals surface area contributed by atoms with Gasteiger partial charge in [0.25, 0.3) is 11.8 Å². The Bertz CT molecular complexity index is 830. The third-order valence-corrected chi connectivity index (χ3v) is 4.83. The van der Waals surface area contributed by atoms with Crippen molar-refractivity contribution in [3.8, 4) is 5.75 Å². The maximum absolute atomic E-state index is 12.7. The van der Waals surface area contributed by atoms with E-state index in [0.29, 0.717) is 48.9 Å². The van der Waals surface area contributed by atoms with Gasteiger partial charge in [-0.1, -0.05) is 6.07 Å². The summed E-state index contributed by atoms with van der Waals surface area (Å²) in [5.41, 5.74) is 1.68. The number of carbonyl (C=O) groups is 2. The highest BCUT2D eigenvalue weighted by atomic mass is 16.5. The largest absolute Gasteiger partial charge is 0.491 e. The van der Waals surface area contributed by atoms with Gasteiger partial charge in [0.05, 0.1) is 6.61 Å². The summed E-state index contributed by atoms with van der Waals surface area (Å²) in [6, 6.07) is 14.0. The summed E-state index contributed by atoms with van der Waals surface area (Å²) < 4.78 is 10.4. The molecule has 3 rings (SSSR count). The van der Waals surface area contributed by atoms with Crippen LogP contribution in [0.2, 0.25) is 0 Å². The summed E-state index contributed by atoms with van der Waals surface area (Å²) in [6.45, 7) is 4.12. The zero-order chi connectivity index (χ0) is 20.6. The first kappa shape index (κ1) is 20.8. The van der Waals surface area contributed by atoms with Crippen molar-refractivity contribution in [3.05, 3.63) is 59.7 Å². The number of amides is 2. The minimum Gasteiger partial charge on any atom is -0.491 e. The second-order valence-electron chi connectivity index (χ2n) is 7.00. The standard InChI is InChI=1S/C22H27N3O4/c1-24-10-12-25(13-11-24)22(27)18-4-3-5-19(16-18)23-21(26)17-6-8-20(9-7-17)29-15-14-28-2/h3-9,16H,10-15H2,1-2H3,(H,23,26). The van der Waals surface area contributed by atoms with Crippen molar-refractivity contribution >= 4 is 17.5 Å². The van der Waals surface area contributed by atoms with E-state index in [9.17, 15) is 9.59 Å². The van der Waals surface area contributed by atoms with E-state index in [2.05, 4.69) is 17.3 Å². The Morgan fingerprint density at radius 3 is 2.38 bits per heavy atom. The molecular formula is C22H27N3O4. The molecule has 0 atom stereocenters. The summed E-state index contributed by atoms with van der Waals surface area (Å²) in [5, 5.41) is 2.86. The van der Waals surface area contributed by atoms with Gasteiger partial charge in [-0.25, -0.2) is 0 Å². The molecule has 1 aliphatic rings. The fourth-order valence-corrected chi connectivity index (χ4v) is 3.07. The molecule has 1 heterocycles. The molecule has 1 fully saturated rings. The third-order valence-electron chi connectivity index (χ3n) is 4.83. The Morgan fingerprint density at radius 2 is 1.69 bits per heavy atom. The van der Waals surface area contributed by atoms with Crippen LogP contribution < -0.4 is 10.1 Å². The van der Waals surface area contributed by atoms with E-state index in [1.54, 1.807) is 55.6 Å². The molecule has 2 aromatic rings. The lowest BCUT2D eigenvalue weighted by Crippen LogP contribution is -2.47. The average molecular weight is 397 g/mol. The minimum atomic E-state index is -0.238. The normalized spacial score (nSPS) is 14.5. The second kappa shape index (κ2) is 10.0. The summed E-state index contributed by atoms with van der Waals surface area (Å²) in [7, 11) is 3.67. The number of piperazine rings is 1. The SMILES string of the molecule is COCCOc1ccc(C(=O)Nc2cccc(C(=O)N3CCN(C)CC3)c2)cc1. The number of nitrogens with zero attached hydrogens (tertiary/aromatic N) is 2. The van der Waals surface area contributed by atoms with Gasteiger partial charge in [0.2, 0.25) is 0 Å². The fourth-order valence-electron chi connectivity index (χ4n) is 3.07. The monoisotopic (exact) mass is 397 g/mol. The van der Waals surface area contributed by atoms with E-state index in [1.165, 1.54) is 0 Å². The zero-order valence-electron chi connectivity index (χ0n) is 16.9. The molecule has 1 N–H and O–H groups in total. The van der Waals surface area contributed by atoms with Gasteiger partial charge < -0.3 is 24.6 Å². The first-order valence-corrected chi connectivity index (χ1v) is 9.68. The zero-order valence-corrected chi connectivity index (χ0v) is 16.9. The molecule has 0 aliphatic carbocycles. The number of rotatable bonds is 7. The number of ether oxygens (including phenoxy) is 2. The molecule has 1 saturated heterocycles. The van der Waals surface area contributed by atoms with Crippen LogP contribution in [0.1, 0.15) is 20.7 Å². The first-order chi connectivity index (χ1) is 14.1. The van der Waals surface area contributed by atoms with Crippen molar-refractivity contribution in [2.24, 2.45) is 0 Å². The Labute approximate surface area is 171 Å². The van der Waals surface area contributed by atoms with Crippen molar-refractivity contribution < 1.29 is 19.1 Å². The van der Waals surface area contributed by atoms with Gasteiger partial charge in [-0.15, -0.1) is 0 Å². The summed E-state index contributed by atoms with van der Waals surface area (Å²) >= 11 is 0. The molecule has 0 spiro atoms. The van der Waals surface area contributed by atoms with Crippen molar-refractivity contribution in [2.45, 2.75) is 0 Å². The average Bonchev–Trinajstić information content (AvgIpc) is 2.74. The van der Waals surface area contributed by atoms with Crippen molar-refractivity contribution in [3.63, 3.8) is 0 Å². The molecule has 154 valence electrons. The maximum atomic E-state index is 12.7. The number of hydrogen-bond acceptors (Lipinski definition) is 5. The molecule has 2 aromatic carbocycles. The molecule has 0 unspecified atom stereocenters. The molecule has 7 heteroatoms. The van der Waals surface area contributed by atoms with Gasteiger partial charge in [-0.2, -0.15) is 0 Å². The predicted octanol–water partition coefficient (Wildman–Crippen LogP) is 2.35. The molecule has 1 aliphatic heterocycles. The van der Waals surface area contributed by atoms with Crippen LogP contribution in [0, 0.1) is 0 Å². The van der Waals surface area contributed by atoms with Gasteiger partial charge in [0, 0.05) is 50.1 Å². The topological polar surface area (TPSA) is 71.1 Å². The van der Waals surface area contributed by atoms with Crippen molar-refractivity contribution in [2.75, 3.05) is 58.9 Å². The van der Waals surface area contributed by atoms with Gasteiger partial charge >= 0.3 is 0 Å². The highest BCUT2D eigenvalue weighted by Gasteiger charge is 2.20. The smallest absolute Gasteiger partial charge is 0.255 e. The molecule has 0 aromatic heterocycles. The Balaban J connectivity index is 1.60. The van der Waals surface area contributed by atoms with E-state index in [4.69, 9.17) is 9.47 Å². The number of methoxy groups -OCH3 is 1. The van der Waals surface area contributed by atoms with Crippen LogP contribution in [0.3, 0.4) is 0 Å². The molecule has 29 heavy (non-hydrogen) atoms. The molecular weight excluding hydrogens is 370 g/mol. The molecule has 0 bridgehead atoms. The predicted molar refractivity (Wildman–Crippen MR) is 112 cm³/mol. The molecule has 0 radical (unpaired) electrons. The number of hydrogen-bond donors (Lipinski definition) is 1. The second-order valence-corrected chi connectivity index (χ2v) is 7.00. The van der Waals surface area contributed by atoms with Crippen LogP contribution in [-0.4, -0.2) is 75.2 Å². The van der Waals surface area contributed by atoms with Crippen LogP contribution in [0.4, 0.5) is 5.69 Å². The van der Waals surface area contributed by atoms with E-state index >= 15 is 0 Å². The van der Waals surface area contributed by atoms with E-state index < -0.39 is 0 Å². The summed E-state index contributed by atoms with van der Waals surface area (Å²) in [6.07, 6.45) is 0. The van der Waals surface area contributed by atoms with Crippen LogP contribution in [0.5, 0.6) is 5.75 Å². The quantitative estimate of drug-likeness (QED) is 0.727. The third kappa shape index (κ3) is 5.79. The van der Waals surface area contributed by atoms with Gasteiger partial charge in [-0.3, -0.25) is 9.59 Å². The van der Waals surface area contributed by atoms with Crippen LogP contribution >= 0.6 is 0 Å². The number of anilines is 1. The highest BCUT2D eigenvalue weighted by Crippen LogP contribution is 2.17. The summed E-state index contributed by atoms with van der Waals surface area (Å²) in [4.78, 5) is 29.3. The summed E-state index contributed by atoms with van der Waals surface area (Å²) in [5.74, 6) is 0.433. The molecule has 0 saturated carbocycles. The fraction of sp³-hybridized carbons (Fsp3) is 0.364. The van der Waals surface area contributed by atoms with E-state index in [1.807, 2.05) is 4.90 Å². The van der Waals surface area contributed by atoms with Crippen molar-refractivity contribution in [1.29, 1.82) is 0 Å². The number of likely N-dealkylation sites (N-methyl/N-ethyl adjacent to an activating group) is 1. The Hall–Kier alpha value is -2.90. The Morgan fingerprint density at radius 1 is 0.966 bits per heavy atom. The number of nitrogens with one attached hydrogen (secondary N) is 1. The first-order valence-electron chi connectivity index (χ1n) is 9.68.